The van der Waals surface area contributed by atoms with Gasteiger partial charge in [-0.05, 0) is 36.1 Å². The molecule has 0 saturated carbocycles. The van der Waals surface area contributed by atoms with Gasteiger partial charge in [-0.2, -0.15) is 11.8 Å². The summed E-state index contributed by atoms with van der Waals surface area (Å²) in [6, 6.07) is 4.81. The van der Waals surface area contributed by atoms with Gasteiger partial charge in [0.1, 0.15) is 5.75 Å². The molecule has 0 saturated heterocycles. The molecule has 0 aromatic heterocycles. The second-order valence-electron chi connectivity index (χ2n) is 4.60. The molecule has 0 aliphatic carbocycles. The first-order valence-electron chi connectivity index (χ1n) is 6.58. The molecule has 1 unspecified atom stereocenters. The summed E-state index contributed by atoms with van der Waals surface area (Å²) in [4.78, 5) is 11.8. The average molecular weight is 337 g/mol. The zero-order chi connectivity index (χ0) is 16.6. The Labute approximate surface area is 131 Å². The molecule has 0 aliphatic rings. The summed E-state index contributed by atoms with van der Waals surface area (Å²) in [5.74, 6) is 0.198. The Morgan fingerprint density at radius 1 is 1.36 bits per heavy atom. The molecular weight excluding hydrogens is 319 g/mol. The second-order valence-corrected chi connectivity index (χ2v) is 5.58. The van der Waals surface area contributed by atoms with Crippen molar-refractivity contribution < 1.29 is 27.8 Å². The zero-order valence-corrected chi connectivity index (χ0v) is 12.8. The number of hydrogen-bond donors (Lipinski definition) is 2. The third kappa shape index (κ3) is 7.56. The van der Waals surface area contributed by atoms with E-state index in [1.807, 2.05) is 6.26 Å². The molecule has 0 aliphatic heterocycles. The second kappa shape index (κ2) is 8.89. The minimum Gasteiger partial charge on any atom is -0.406 e. The highest BCUT2D eigenvalue weighted by molar-refractivity contribution is 7.98. The minimum absolute atomic E-state index is 0.0298. The molecule has 0 radical (unpaired) electrons. The van der Waals surface area contributed by atoms with Gasteiger partial charge in [0, 0.05) is 0 Å². The summed E-state index contributed by atoms with van der Waals surface area (Å²) in [6.07, 6.45) is -2.12. The lowest BCUT2D eigenvalue weighted by Gasteiger charge is -2.15. The van der Waals surface area contributed by atoms with E-state index in [2.05, 4.69) is 10.1 Å². The van der Waals surface area contributed by atoms with Crippen LogP contribution in [0, 0.1) is 0 Å². The third-order valence-electron chi connectivity index (χ3n) is 2.78. The van der Waals surface area contributed by atoms with Gasteiger partial charge in [0.2, 0.25) is 5.91 Å². The van der Waals surface area contributed by atoms with Crippen LogP contribution in [0.15, 0.2) is 24.3 Å². The molecular formula is C14H18F3NO3S. The summed E-state index contributed by atoms with van der Waals surface area (Å²) in [7, 11) is 0. The van der Waals surface area contributed by atoms with Crippen LogP contribution < -0.4 is 10.1 Å². The number of thioether (sulfide) groups is 1. The van der Waals surface area contributed by atoms with E-state index in [9.17, 15) is 18.0 Å². The lowest BCUT2D eigenvalue weighted by molar-refractivity contribution is -0.274. The molecule has 124 valence electrons. The van der Waals surface area contributed by atoms with E-state index in [0.29, 0.717) is 12.0 Å². The summed E-state index contributed by atoms with van der Waals surface area (Å²) >= 11 is 1.61. The fraction of sp³-hybridized carbons (Fsp3) is 0.500. The molecule has 1 aromatic rings. The fourth-order valence-corrected chi connectivity index (χ4v) is 2.26. The van der Waals surface area contributed by atoms with Crippen molar-refractivity contribution in [3.8, 4) is 5.75 Å². The van der Waals surface area contributed by atoms with Gasteiger partial charge in [-0.25, -0.2) is 0 Å². The van der Waals surface area contributed by atoms with Crippen LogP contribution in [-0.2, 0) is 11.2 Å². The molecule has 1 rings (SSSR count). The number of nitrogens with one attached hydrogen (secondary N) is 1. The van der Waals surface area contributed by atoms with Crippen molar-refractivity contribution in [2.75, 3.05) is 18.6 Å². The molecule has 1 atom stereocenters. The minimum atomic E-state index is -4.73. The maximum Gasteiger partial charge on any atom is 0.573 e. The lowest BCUT2D eigenvalue weighted by atomic mass is 10.1. The standard InChI is InChI=1S/C14H18F3NO3S/c1-22-7-6-11(9-19)18-13(20)8-10-2-4-12(5-3-10)21-14(15,16)17/h2-5,11,19H,6-9H2,1H3,(H,18,20). The Kier molecular flexibility index (Phi) is 7.53. The first-order valence-corrected chi connectivity index (χ1v) is 7.97. The van der Waals surface area contributed by atoms with Gasteiger partial charge in [-0.15, -0.1) is 13.2 Å². The van der Waals surface area contributed by atoms with Crippen molar-refractivity contribution in [2.24, 2.45) is 0 Å². The van der Waals surface area contributed by atoms with E-state index in [0.717, 1.165) is 17.9 Å². The van der Waals surface area contributed by atoms with E-state index >= 15 is 0 Å². The Bertz CT molecular complexity index is 465. The van der Waals surface area contributed by atoms with Gasteiger partial charge in [0.15, 0.2) is 0 Å². The number of rotatable bonds is 8. The molecule has 0 spiro atoms. The van der Waals surface area contributed by atoms with Crippen molar-refractivity contribution in [1.29, 1.82) is 0 Å². The predicted molar refractivity (Wildman–Crippen MR) is 78.8 cm³/mol. The summed E-state index contributed by atoms with van der Waals surface area (Å²) < 4.78 is 39.8. The SMILES string of the molecule is CSCCC(CO)NC(=O)Cc1ccc(OC(F)(F)F)cc1. The number of ether oxygens (including phenoxy) is 1. The van der Waals surface area contributed by atoms with Crippen LogP contribution in [0.1, 0.15) is 12.0 Å². The van der Waals surface area contributed by atoms with Crippen LogP contribution in [0.25, 0.3) is 0 Å². The van der Waals surface area contributed by atoms with E-state index < -0.39 is 6.36 Å². The van der Waals surface area contributed by atoms with Crippen molar-refractivity contribution in [3.63, 3.8) is 0 Å². The normalized spacial score (nSPS) is 12.8. The molecule has 0 heterocycles. The first kappa shape index (κ1) is 18.6. The molecule has 0 bridgehead atoms. The summed E-state index contributed by atoms with van der Waals surface area (Å²) in [5, 5.41) is 11.9. The molecule has 2 N–H and O–H groups in total. The van der Waals surface area contributed by atoms with Crippen molar-refractivity contribution in [1.82, 2.24) is 5.32 Å². The highest BCUT2D eigenvalue weighted by Crippen LogP contribution is 2.22. The summed E-state index contributed by atoms with van der Waals surface area (Å²) in [6.45, 7) is -0.148. The number of halogens is 3. The highest BCUT2D eigenvalue weighted by atomic mass is 32.2. The number of alkyl halides is 3. The largest absolute Gasteiger partial charge is 0.573 e. The molecule has 0 fully saturated rings. The van der Waals surface area contributed by atoms with Crippen LogP contribution in [-0.4, -0.2) is 42.0 Å². The lowest BCUT2D eigenvalue weighted by Crippen LogP contribution is -2.38. The Hall–Kier alpha value is -1.41. The number of carbonyl (C=O) groups is 1. The molecule has 4 nitrogen and oxygen atoms in total. The number of aliphatic hydroxyl groups is 1. The number of aliphatic hydroxyl groups excluding tert-OH is 1. The van der Waals surface area contributed by atoms with Crippen LogP contribution in [0.4, 0.5) is 13.2 Å². The van der Waals surface area contributed by atoms with E-state index in [4.69, 9.17) is 5.11 Å². The molecule has 1 aromatic carbocycles. The van der Waals surface area contributed by atoms with Crippen LogP contribution in [0.3, 0.4) is 0 Å². The monoisotopic (exact) mass is 337 g/mol. The highest BCUT2D eigenvalue weighted by Gasteiger charge is 2.30. The van der Waals surface area contributed by atoms with Gasteiger partial charge >= 0.3 is 6.36 Å². The zero-order valence-electron chi connectivity index (χ0n) is 12.0. The summed E-state index contributed by atoms with van der Waals surface area (Å²) in [5.41, 5.74) is 0.564. The van der Waals surface area contributed by atoms with Crippen molar-refractivity contribution in [2.45, 2.75) is 25.2 Å². The van der Waals surface area contributed by atoms with Crippen molar-refractivity contribution >= 4 is 17.7 Å². The van der Waals surface area contributed by atoms with Crippen LogP contribution in [0.5, 0.6) is 5.75 Å². The first-order chi connectivity index (χ1) is 10.3. The Balaban J connectivity index is 2.50. The number of hydrogen-bond acceptors (Lipinski definition) is 4. The van der Waals surface area contributed by atoms with Gasteiger partial charge in [0.25, 0.3) is 0 Å². The molecule has 8 heteroatoms. The number of benzene rings is 1. The van der Waals surface area contributed by atoms with E-state index in [-0.39, 0.29) is 30.7 Å². The third-order valence-corrected chi connectivity index (χ3v) is 3.42. The quantitative estimate of drug-likeness (QED) is 0.765. The predicted octanol–water partition coefficient (Wildman–Crippen LogP) is 2.36. The Morgan fingerprint density at radius 3 is 2.50 bits per heavy atom. The topological polar surface area (TPSA) is 58.6 Å². The van der Waals surface area contributed by atoms with Gasteiger partial charge in [0.05, 0.1) is 19.1 Å². The Morgan fingerprint density at radius 2 is 2.00 bits per heavy atom. The maximum absolute atomic E-state index is 12.0. The fourth-order valence-electron chi connectivity index (χ4n) is 1.74. The average Bonchev–Trinajstić information content (AvgIpc) is 2.44. The van der Waals surface area contributed by atoms with E-state index in [1.54, 1.807) is 11.8 Å². The van der Waals surface area contributed by atoms with Crippen LogP contribution in [0.2, 0.25) is 0 Å². The maximum atomic E-state index is 12.0. The molecule has 1 amide bonds. The van der Waals surface area contributed by atoms with Crippen LogP contribution >= 0.6 is 11.8 Å². The number of carbonyl (C=O) groups excluding carboxylic acids is 1. The van der Waals surface area contributed by atoms with Gasteiger partial charge < -0.3 is 15.2 Å². The smallest absolute Gasteiger partial charge is 0.406 e. The van der Waals surface area contributed by atoms with E-state index in [1.165, 1.54) is 12.1 Å². The van der Waals surface area contributed by atoms with Crippen molar-refractivity contribution in [3.05, 3.63) is 29.8 Å². The van der Waals surface area contributed by atoms with Gasteiger partial charge in [-0.1, -0.05) is 12.1 Å². The molecule has 22 heavy (non-hydrogen) atoms. The number of amides is 1. The van der Waals surface area contributed by atoms with Gasteiger partial charge in [-0.3, -0.25) is 4.79 Å².